The fourth-order valence-corrected chi connectivity index (χ4v) is 5.03. The maximum atomic E-state index is 6.30. The Kier molecular flexibility index (Phi) is 6.00. The maximum absolute atomic E-state index is 6.30. The van der Waals surface area contributed by atoms with Crippen molar-refractivity contribution in [3.63, 3.8) is 0 Å². The fraction of sp³-hybridized carbons (Fsp3) is 0.571. The molecule has 2 saturated heterocycles. The van der Waals surface area contributed by atoms with Crippen LogP contribution in [0.4, 0.5) is 0 Å². The fourth-order valence-electron chi connectivity index (χ4n) is 4.37. The van der Waals surface area contributed by atoms with Gasteiger partial charge in [0.25, 0.3) is 0 Å². The van der Waals surface area contributed by atoms with Crippen LogP contribution < -0.4 is 0 Å². The average molecular weight is 373 g/mol. The van der Waals surface area contributed by atoms with Crippen molar-refractivity contribution in [3.05, 3.63) is 52.5 Å². The molecule has 2 aliphatic rings. The van der Waals surface area contributed by atoms with E-state index in [9.17, 15) is 0 Å². The summed E-state index contributed by atoms with van der Waals surface area (Å²) < 4.78 is 12.2. The van der Waals surface area contributed by atoms with Crippen LogP contribution >= 0.6 is 11.3 Å². The number of rotatable bonds is 7. The van der Waals surface area contributed by atoms with Crippen molar-refractivity contribution >= 4 is 11.3 Å². The van der Waals surface area contributed by atoms with Gasteiger partial charge in [0.15, 0.2) is 0 Å². The molecular formula is C21H28N2O2S. The van der Waals surface area contributed by atoms with Gasteiger partial charge >= 0.3 is 0 Å². The smallest absolute Gasteiger partial charge is 0.0736 e. The normalized spacial score (nSPS) is 22.8. The lowest BCUT2D eigenvalue weighted by molar-refractivity contribution is -0.0733. The van der Waals surface area contributed by atoms with Crippen LogP contribution in [0.15, 0.2) is 41.4 Å². The minimum absolute atomic E-state index is 0.102. The van der Waals surface area contributed by atoms with Crippen LogP contribution in [0, 0.1) is 5.92 Å². The van der Waals surface area contributed by atoms with E-state index in [4.69, 9.17) is 9.47 Å². The zero-order valence-electron chi connectivity index (χ0n) is 15.3. The highest BCUT2D eigenvalue weighted by Crippen LogP contribution is 2.42. The SMILES string of the molecule is c1cc(COCC[C@@H]2CCOC23CCN(Cc2ccsc2)CC3)ccn1. The first kappa shape index (κ1) is 18.1. The van der Waals surface area contributed by atoms with Crippen LogP contribution in [0.3, 0.4) is 0 Å². The Balaban J connectivity index is 1.23. The van der Waals surface area contributed by atoms with Crippen molar-refractivity contribution in [1.82, 2.24) is 9.88 Å². The first-order valence-electron chi connectivity index (χ1n) is 9.68. The monoisotopic (exact) mass is 372 g/mol. The van der Waals surface area contributed by atoms with Gasteiger partial charge in [-0.15, -0.1) is 0 Å². The Labute approximate surface area is 160 Å². The maximum Gasteiger partial charge on any atom is 0.0736 e. The Morgan fingerprint density at radius 1 is 1.19 bits per heavy atom. The number of likely N-dealkylation sites (tertiary alicyclic amines) is 1. The van der Waals surface area contributed by atoms with Gasteiger partial charge in [-0.3, -0.25) is 9.88 Å². The van der Waals surface area contributed by atoms with Crippen LogP contribution in [-0.4, -0.2) is 41.8 Å². The highest BCUT2D eigenvalue weighted by Gasteiger charge is 2.45. The molecule has 0 N–H and O–H groups in total. The van der Waals surface area contributed by atoms with E-state index in [0.29, 0.717) is 12.5 Å². The lowest BCUT2D eigenvalue weighted by Crippen LogP contribution is -2.47. The molecule has 0 radical (unpaired) electrons. The number of thiophene rings is 1. The molecule has 0 bridgehead atoms. The number of hydrogen-bond acceptors (Lipinski definition) is 5. The molecule has 1 atom stereocenters. The van der Waals surface area contributed by atoms with Crippen molar-refractivity contribution in [1.29, 1.82) is 0 Å². The van der Waals surface area contributed by atoms with E-state index in [-0.39, 0.29) is 5.60 Å². The highest BCUT2D eigenvalue weighted by molar-refractivity contribution is 7.07. The molecule has 1 spiro atoms. The molecule has 0 unspecified atom stereocenters. The summed E-state index contributed by atoms with van der Waals surface area (Å²) in [5, 5.41) is 4.43. The predicted octanol–water partition coefficient (Wildman–Crippen LogP) is 4.12. The minimum atomic E-state index is 0.102. The molecule has 4 nitrogen and oxygen atoms in total. The molecule has 0 aromatic carbocycles. The summed E-state index contributed by atoms with van der Waals surface area (Å²) in [6.07, 6.45) is 8.25. The molecule has 0 aliphatic carbocycles. The number of hydrogen-bond donors (Lipinski definition) is 0. The quantitative estimate of drug-likeness (QED) is 0.685. The molecule has 2 aromatic heterocycles. The Morgan fingerprint density at radius 3 is 2.81 bits per heavy atom. The lowest BCUT2D eigenvalue weighted by Gasteiger charge is -2.42. The minimum Gasteiger partial charge on any atom is -0.377 e. The van der Waals surface area contributed by atoms with E-state index in [1.165, 1.54) is 17.5 Å². The molecule has 4 heterocycles. The van der Waals surface area contributed by atoms with E-state index >= 15 is 0 Å². The molecule has 140 valence electrons. The van der Waals surface area contributed by atoms with Crippen LogP contribution in [0.5, 0.6) is 0 Å². The van der Waals surface area contributed by atoms with Gasteiger partial charge in [0, 0.05) is 45.2 Å². The van der Waals surface area contributed by atoms with Gasteiger partial charge in [-0.05, 0) is 71.7 Å². The Bertz CT molecular complexity index is 654. The average Bonchev–Trinajstić information content (AvgIpc) is 3.32. The third-order valence-electron chi connectivity index (χ3n) is 5.92. The largest absolute Gasteiger partial charge is 0.377 e. The van der Waals surface area contributed by atoms with E-state index in [0.717, 1.165) is 52.1 Å². The number of ether oxygens (including phenoxy) is 2. The first-order valence-corrected chi connectivity index (χ1v) is 10.6. The zero-order valence-corrected chi connectivity index (χ0v) is 16.1. The highest BCUT2D eigenvalue weighted by atomic mass is 32.1. The molecule has 0 amide bonds. The number of aromatic nitrogens is 1. The van der Waals surface area contributed by atoms with Gasteiger partial charge in [0.2, 0.25) is 0 Å². The van der Waals surface area contributed by atoms with E-state index in [2.05, 4.69) is 26.7 Å². The summed E-state index contributed by atoms with van der Waals surface area (Å²) in [6, 6.07) is 6.27. The van der Waals surface area contributed by atoms with Gasteiger partial charge in [-0.2, -0.15) is 11.3 Å². The summed E-state index contributed by atoms with van der Waals surface area (Å²) in [5.41, 5.74) is 2.74. The van der Waals surface area contributed by atoms with Gasteiger partial charge in [0.1, 0.15) is 0 Å². The Morgan fingerprint density at radius 2 is 2.04 bits per heavy atom. The van der Waals surface area contributed by atoms with Crippen molar-refractivity contribution in [3.8, 4) is 0 Å². The number of nitrogens with zero attached hydrogens (tertiary/aromatic N) is 2. The third-order valence-corrected chi connectivity index (χ3v) is 6.65. The summed E-state index contributed by atoms with van der Waals surface area (Å²) in [5.74, 6) is 0.642. The van der Waals surface area contributed by atoms with E-state index in [1.54, 1.807) is 11.3 Å². The van der Waals surface area contributed by atoms with Crippen molar-refractivity contribution in [2.24, 2.45) is 5.92 Å². The topological polar surface area (TPSA) is 34.6 Å². The van der Waals surface area contributed by atoms with Crippen LogP contribution in [-0.2, 0) is 22.6 Å². The molecule has 26 heavy (non-hydrogen) atoms. The number of piperidine rings is 1. The molecule has 5 heteroatoms. The van der Waals surface area contributed by atoms with Gasteiger partial charge in [0.05, 0.1) is 12.2 Å². The first-order chi connectivity index (χ1) is 12.8. The van der Waals surface area contributed by atoms with E-state index in [1.807, 2.05) is 24.5 Å². The van der Waals surface area contributed by atoms with E-state index < -0.39 is 0 Å². The summed E-state index contributed by atoms with van der Waals surface area (Å²) in [7, 11) is 0. The number of pyridine rings is 1. The standard InChI is InChI=1S/C21H28N2O2S/c1-8-22-9-2-18(1)16-24-12-3-20-4-13-25-21(20)6-10-23(11-7-21)15-19-5-14-26-17-19/h1-2,5,8-9,14,17,20H,3-4,6-7,10-13,15-16H2/t20-/m1/s1. The van der Waals surface area contributed by atoms with Crippen molar-refractivity contribution < 1.29 is 9.47 Å². The van der Waals surface area contributed by atoms with Gasteiger partial charge < -0.3 is 9.47 Å². The molecule has 2 aliphatic heterocycles. The zero-order chi connectivity index (χ0) is 17.7. The summed E-state index contributed by atoms with van der Waals surface area (Å²) >= 11 is 1.79. The van der Waals surface area contributed by atoms with Crippen molar-refractivity contribution in [2.75, 3.05) is 26.3 Å². The summed E-state index contributed by atoms with van der Waals surface area (Å²) in [4.78, 5) is 6.62. The second kappa shape index (κ2) is 8.61. The second-order valence-electron chi connectivity index (χ2n) is 7.50. The molecule has 2 aromatic rings. The van der Waals surface area contributed by atoms with Crippen LogP contribution in [0.25, 0.3) is 0 Å². The summed E-state index contributed by atoms with van der Waals surface area (Å²) in [6.45, 7) is 5.78. The van der Waals surface area contributed by atoms with Crippen LogP contribution in [0.1, 0.15) is 36.8 Å². The molecule has 0 saturated carbocycles. The van der Waals surface area contributed by atoms with Gasteiger partial charge in [-0.25, -0.2) is 0 Å². The van der Waals surface area contributed by atoms with Crippen molar-refractivity contribution in [2.45, 2.75) is 44.4 Å². The third kappa shape index (κ3) is 4.34. The van der Waals surface area contributed by atoms with Crippen LogP contribution in [0.2, 0.25) is 0 Å². The molecular weight excluding hydrogens is 344 g/mol. The predicted molar refractivity (Wildman–Crippen MR) is 104 cm³/mol. The van der Waals surface area contributed by atoms with Gasteiger partial charge in [-0.1, -0.05) is 0 Å². The molecule has 4 rings (SSSR count). The second-order valence-corrected chi connectivity index (χ2v) is 8.28. The Hall–Kier alpha value is -1.27. The molecule has 2 fully saturated rings. The lowest BCUT2D eigenvalue weighted by atomic mass is 9.78.